The molecule has 0 aliphatic rings. The Bertz CT molecular complexity index is 546. The number of ether oxygens (including phenoxy) is 2. The van der Waals surface area contributed by atoms with Crippen molar-refractivity contribution in [2.24, 2.45) is 0 Å². The molecule has 5 heteroatoms. The monoisotopic (exact) mass is 274 g/mol. The van der Waals surface area contributed by atoms with E-state index >= 15 is 0 Å². The van der Waals surface area contributed by atoms with Crippen LogP contribution in [0.3, 0.4) is 0 Å². The first-order valence-corrected chi connectivity index (χ1v) is 6.38. The van der Waals surface area contributed by atoms with Gasteiger partial charge in [-0.25, -0.2) is 0 Å². The summed E-state index contributed by atoms with van der Waals surface area (Å²) < 4.78 is 11.2. The van der Waals surface area contributed by atoms with Gasteiger partial charge in [-0.15, -0.1) is 0 Å². The van der Waals surface area contributed by atoms with Crippen molar-refractivity contribution in [2.75, 3.05) is 13.7 Å². The van der Waals surface area contributed by atoms with Gasteiger partial charge in [0, 0.05) is 25.1 Å². The van der Waals surface area contributed by atoms with Crippen LogP contribution in [0, 0.1) is 6.92 Å². The van der Waals surface area contributed by atoms with E-state index in [-0.39, 0.29) is 12.7 Å². The highest BCUT2D eigenvalue weighted by atomic mass is 16.5. The highest BCUT2D eigenvalue weighted by molar-refractivity contribution is 5.34. The molecule has 0 spiro atoms. The minimum absolute atomic E-state index is 0.100. The van der Waals surface area contributed by atoms with E-state index < -0.39 is 0 Å². The lowest BCUT2D eigenvalue weighted by Gasteiger charge is -2.17. The largest absolute Gasteiger partial charge is 0.490 e. The van der Waals surface area contributed by atoms with Gasteiger partial charge in [0.2, 0.25) is 0 Å². The number of aromatic nitrogens is 2. The third kappa shape index (κ3) is 3.31. The number of pyridine rings is 2. The maximum atomic E-state index is 9.19. The molecule has 0 aliphatic heterocycles. The van der Waals surface area contributed by atoms with Crippen LogP contribution in [-0.4, -0.2) is 28.8 Å². The molecule has 106 valence electrons. The average Bonchev–Trinajstić information content (AvgIpc) is 2.50. The predicted octanol–water partition coefficient (Wildman–Crippen LogP) is 2.04. The molecule has 0 radical (unpaired) electrons. The molecule has 20 heavy (non-hydrogen) atoms. The van der Waals surface area contributed by atoms with Gasteiger partial charge in [-0.2, -0.15) is 0 Å². The minimum atomic E-state index is -0.235. The summed E-state index contributed by atoms with van der Waals surface area (Å²) in [6.45, 7) is 2.12. The SMILES string of the molecule is COC(COc1ccnc(CO)c1C)c1ccccn1. The van der Waals surface area contributed by atoms with Gasteiger partial charge in [0.15, 0.2) is 0 Å². The quantitative estimate of drug-likeness (QED) is 0.873. The molecule has 2 rings (SSSR count). The van der Waals surface area contributed by atoms with E-state index in [1.165, 1.54) is 0 Å². The topological polar surface area (TPSA) is 64.5 Å². The van der Waals surface area contributed by atoms with Crippen molar-refractivity contribution in [2.45, 2.75) is 19.6 Å². The number of nitrogens with zero attached hydrogens (tertiary/aromatic N) is 2. The predicted molar refractivity (Wildman–Crippen MR) is 74.4 cm³/mol. The lowest BCUT2D eigenvalue weighted by Crippen LogP contribution is -2.14. The first-order chi connectivity index (χ1) is 9.76. The van der Waals surface area contributed by atoms with E-state index in [1.54, 1.807) is 25.6 Å². The van der Waals surface area contributed by atoms with Gasteiger partial charge in [0.1, 0.15) is 18.5 Å². The molecule has 2 heterocycles. The van der Waals surface area contributed by atoms with Gasteiger partial charge >= 0.3 is 0 Å². The maximum Gasteiger partial charge on any atom is 0.133 e. The Labute approximate surface area is 118 Å². The zero-order chi connectivity index (χ0) is 14.4. The van der Waals surface area contributed by atoms with Gasteiger partial charge in [0.25, 0.3) is 0 Å². The van der Waals surface area contributed by atoms with Crippen LogP contribution in [0.2, 0.25) is 0 Å². The highest BCUT2D eigenvalue weighted by Gasteiger charge is 2.14. The lowest BCUT2D eigenvalue weighted by atomic mass is 10.2. The lowest BCUT2D eigenvalue weighted by molar-refractivity contribution is 0.0542. The molecule has 2 aromatic heterocycles. The Kier molecular flexibility index (Phi) is 5.03. The van der Waals surface area contributed by atoms with Crippen LogP contribution in [0.5, 0.6) is 5.75 Å². The van der Waals surface area contributed by atoms with E-state index in [0.717, 1.165) is 11.3 Å². The van der Waals surface area contributed by atoms with Gasteiger partial charge in [-0.3, -0.25) is 9.97 Å². The molecule has 1 atom stereocenters. The molecular weight excluding hydrogens is 256 g/mol. The molecule has 2 aromatic rings. The Hall–Kier alpha value is -1.98. The van der Waals surface area contributed by atoms with Crippen LogP contribution >= 0.6 is 0 Å². The summed E-state index contributed by atoms with van der Waals surface area (Å²) in [5.41, 5.74) is 2.28. The smallest absolute Gasteiger partial charge is 0.133 e. The van der Waals surface area contributed by atoms with Crippen LogP contribution in [0.4, 0.5) is 0 Å². The van der Waals surface area contributed by atoms with E-state index in [9.17, 15) is 5.11 Å². The van der Waals surface area contributed by atoms with Crippen molar-refractivity contribution in [3.05, 3.63) is 53.6 Å². The van der Waals surface area contributed by atoms with Crippen LogP contribution in [0.25, 0.3) is 0 Å². The fourth-order valence-corrected chi connectivity index (χ4v) is 1.88. The summed E-state index contributed by atoms with van der Waals surface area (Å²) >= 11 is 0. The van der Waals surface area contributed by atoms with Gasteiger partial charge in [-0.1, -0.05) is 6.07 Å². The molecule has 1 N–H and O–H groups in total. The van der Waals surface area contributed by atoms with Crippen molar-refractivity contribution in [1.82, 2.24) is 9.97 Å². The fraction of sp³-hybridized carbons (Fsp3) is 0.333. The third-order valence-corrected chi connectivity index (χ3v) is 3.10. The number of hydrogen-bond donors (Lipinski definition) is 1. The molecule has 5 nitrogen and oxygen atoms in total. The Balaban J connectivity index is 2.08. The minimum Gasteiger partial charge on any atom is -0.490 e. The zero-order valence-corrected chi connectivity index (χ0v) is 11.6. The van der Waals surface area contributed by atoms with Gasteiger partial charge in [-0.05, 0) is 25.1 Å². The number of aliphatic hydroxyl groups excluding tert-OH is 1. The molecule has 0 aromatic carbocycles. The second kappa shape index (κ2) is 6.98. The summed E-state index contributed by atoms with van der Waals surface area (Å²) in [6, 6.07) is 7.45. The van der Waals surface area contributed by atoms with Crippen molar-refractivity contribution in [3.8, 4) is 5.75 Å². The average molecular weight is 274 g/mol. The second-order valence-electron chi connectivity index (χ2n) is 4.33. The van der Waals surface area contributed by atoms with Crippen LogP contribution in [0.15, 0.2) is 36.7 Å². The summed E-state index contributed by atoms with van der Waals surface area (Å²) in [5, 5.41) is 9.19. The van der Waals surface area contributed by atoms with Crippen molar-refractivity contribution in [3.63, 3.8) is 0 Å². The van der Waals surface area contributed by atoms with Gasteiger partial charge in [0.05, 0.1) is 18.0 Å². The van der Waals surface area contributed by atoms with Crippen LogP contribution in [-0.2, 0) is 11.3 Å². The Morgan fingerprint density at radius 3 is 2.70 bits per heavy atom. The number of methoxy groups -OCH3 is 1. The van der Waals surface area contributed by atoms with Crippen LogP contribution in [0.1, 0.15) is 23.1 Å². The van der Waals surface area contributed by atoms with E-state index in [4.69, 9.17) is 9.47 Å². The summed E-state index contributed by atoms with van der Waals surface area (Å²) in [5.74, 6) is 0.696. The van der Waals surface area contributed by atoms with Crippen molar-refractivity contribution >= 4 is 0 Å². The Morgan fingerprint density at radius 1 is 1.20 bits per heavy atom. The molecule has 0 amide bonds. The first-order valence-electron chi connectivity index (χ1n) is 6.38. The van der Waals surface area contributed by atoms with E-state index in [2.05, 4.69) is 9.97 Å². The summed E-state index contributed by atoms with van der Waals surface area (Å²) in [6.07, 6.45) is 3.11. The molecule has 0 aliphatic carbocycles. The molecule has 1 unspecified atom stereocenters. The second-order valence-corrected chi connectivity index (χ2v) is 4.33. The number of hydrogen-bond acceptors (Lipinski definition) is 5. The molecular formula is C15H18N2O3. The maximum absolute atomic E-state index is 9.19. The number of rotatable bonds is 6. The Morgan fingerprint density at radius 2 is 2.05 bits per heavy atom. The molecule has 0 saturated heterocycles. The fourth-order valence-electron chi connectivity index (χ4n) is 1.88. The van der Waals surface area contributed by atoms with Crippen molar-refractivity contribution < 1.29 is 14.6 Å². The normalized spacial score (nSPS) is 12.2. The van der Waals surface area contributed by atoms with E-state index in [1.807, 2.05) is 25.1 Å². The molecule has 0 fully saturated rings. The molecule has 0 bridgehead atoms. The number of aliphatic hydroxyl groups is 1. The zero-order valence-electron chi connectivity index (χ0n) is 11.6. The molecule has 0 saturated carbocycles. The summed E-state index contributed by atoms with van der Waals surface area (Å²) in [4.78, 5) is 8.35. The van der Waals surface area contributed by atoms with Crippen LogP contribution < -0.4 is 4.74 Å². The summed E-state index contributed by atoms with van der Waals surface area (Å²) in [7, 11) is 1.63. The van der Waals surface area contributed by atoms with E-state index in [0.29, 0.717) is 18.1 Å². The standard InChI is InChI=1S/C15H18N2O3/c1-11-13(9-18)17-8-6-14(11)20-10-15(19-2)12-5-3-4-7-16-12/h3-8,15,18H,9-10H2,1-2H3. The first kappa shape index (κ1) is 14.4. The van der Waals surface area contributed by atoms with Gasteiger partial charge < -0.3 is 14.6 Å². The van der Waals surface area contributed by atoms with Crippen molar-refractivity contribution in [1.29, 1.82) is 0 Å². The highest BCUT2D eigenvalue weighted by Crippen LogP contribution is 2.22. The third-order valence-electron chi connectivity index (χ3n) is 3.10.